The number of amides is 2. The van der Waals surface area contributed by atoms with Crippen LogP contribution in [0, 0.1) is 5.92 Å². The Morgan fingerprint density at radius 2 is 1.89 bits per heavy atom. The van der Waals surface area contributed by atoms with Crippen molar-refractivity contribution < 1.29 is 9.59 Å². The van der Waals surface area contributed by atoms with E-state index >= 15 is 0 Å². The van der Waals surface area contributed by atoms with Gasteiger partial charge in [-0.3, -0.25) is 9.59 Å². The lowest BCUT2D eigenvalue weighted by Crippen LogP contribution is -2.53. The summed E-state index contributed by atoms with van der Waals surface area (Å²) < 4.78 is 0. The summed E-state index contributed by atoms with van der Waals surface area (Å²) in [7, 11) is 0. The van der Waals surface area contributed by atoms with E-state index in [9.17, 15) is 9.59 Å². The molecule has 0 bridgehead atoms. The Balaban J connectivity index is 1.86. The molecule has 1 heterocycles. The summed E-state index contributed by atoms with van der Waals surface area (Å²) >= 11 is 0. The molecular weight excluding hydrogens is 242 g/mol. The third kappa shape index (κ3) is 3.69. The number of rotatable bonds is 2. The van der Waals surface area contributed by atoms with Crippen LogP contribution in [0.15, 0.2) is 0 Å². The number of piperazine rings is 1. The van der Waals surface area contributed by atoms with Gasteiger partial charge >= 0.3 is 11.8 Å². The zero-order valence-corrected chi connectivity index (χ0v) is 11.8. The van der Waals surface area contributed by atoms with E-state index in [4.69, 9.17) is 0 Å². The van der Waals surface area contributed by atoms with Crippen LogP contribution in [-0.4, -0.2) is 48.9 Å². The highest BCUT2D eigenvalue weighted by molar-refractivity contribution is 6.35. The van der Waals surface area contributed by atoms with Crippen molar-refractivity contribution in [1.29, 1.82) is 0 Å². The molecule has 2 aliphatic rings. The minimum Gasteiger partial charge on any atom is -0.345 e. The van der Waals surface area contributed by atoms with Crippen LogP contribution < -0.4 is 10.6 Å². The van der Waals surface area contributed by atoms with E-state index in [-0.39, 0.29) is 11.9 Å². The fourth-order valence-electron chi connectivity index (χ4n) is 3.13. The Morgan fingerprint density at radius 1 is 1.21 bits per heavy atom. The molecule has 0 aromatic rings. The van der Waals surface area contributed by atoms with Gasteiger partial charge < -0.3 is 15.5 Å². The van der Waals surface area contributed by atoms with Gasteiger partial charge in [-0.05, 0) is 18.8 Å². The van der Waals surface area contributed by atoms with E-state index in [0.29, 0.717) is 19.0 Å². The van der Waals surface area contributed by atoms with Crippen molar-refractivity contribution in [1.82, 2.24) is 15.5 Å². The molecule has 1 aliphatic heterocycles. The summed E-state index contributed by atoms with van der Waals surface area (Å²) in [6.45, 7) is 4.98. The van der Waals surface area contributed by atoms with Crippen LogP contribution in [-0.2, 0) is 9.59 Å². The molecular formula is C14H25N3O2. The summed E-state index contributed by atoms with van der Waals surface area (Å²) in [4.78, 5) is 25.8. The van der Waals surface area contributed by atoms with Crippen LogP contribution in [0.4, 0.5) is 0 Å². The number of nitrogens with one attached hydrogen (secondary N) is 2. The quantitative estimate of drug-likeness (QED) is 0.716. The molecule has 1 saturated heterocycles. The molecule has 0 radical (unpaired) electrons. The van der Waals surface area contributed by atoms with E-state index < -0.39 is 5.91 Å². The summed E-state index contributed by atoms with van der Waals surface area (Å²) in [6.07, 6.45) is 5.66. The van der Waals surface area contributed by atoms with Crippen molar-refractivity contribution >= 4 is 11.8 Å². The van der Waals surface area contributed by atoms with Gasteiger partial charge in [-0.25, -0.2) is 0 Å². The van der Waals surface area contributed by atoms with Gasteiger partial charge in [-0.2, -0.15) is 0 Å². The smallest absolute Gasteiger partial charge is 0.311 e. The number of carbonyl (C=O) groups excluding carboxylic acids is 2. The first kappa shape index (κ1) is 14.3. The molecule has 108 valence electrons. The van der Waals surface area contributed by atoms with Crippen molar-refractivity contribution in [2.45, 2.75) is 45.1 Å². The first-order valence-electron chi connectivity index (χ1n) is 7.53. The zero-order valence-electron chi connectivity index (χ0n) is 11.8. The maximum Gasteiger partial charge on any atom is 0.311 e. The molecule has 2 amide bonds. The van der Waals surface area contributed by atoms with Crippen LogP contribution in [0.2, 0.25) is 0 Å². The van der Waals surface area contributed by atoms with Crippen LogP contribution in [0.1, 0.15) is 39.0 Å². The Kier molecular flexibility index (Phi) is 5.19. The second-order valence-corrected chi connectivity index (χ2v) is 5.57. The fourth-order valence-corrected chi connectivity index (χ4v) is 3.13. The number of hydrogen-bond donors (Lipinski definition) is 2. The molecule has 19 heavy (non-hydrogen) atoms. The molecule has 5 nitrogen and oxygen atoms in total. The lowest BCUT2D eigenvalue weighted by atomic mass is 9.83. The van der Waals surface area contributed by atoms with E-state index in [1.165, 1.54) is 12.8 Å². The van der Waals surface area contributed by atoms with Gasteiger partial charge in [0.05, 0.1) is 0 Å². The Bertz CT molecular complexity index is 327. The predicted molar refractivity (Wildman–Crippen MR) is 73.6 cm³/mol. The average Bonchev–Trinajstić information content (AvgIpc) is 2.48. The minimum atomic E-state index is -0.410. The normalized spacial score (nSPS) is 27.9. The highest BCUT2D eigenvalue weighted by Crippen LogP contribution is 2.26. The van der Waals surface area contributed by atoms with Gasteiger partial charge in [-0.1, -0.05) is 26.2 Å². The van der Waals surface area contributed by atoms with Crippen LogP contribution in [0.25, 0.3) is 0 Å². The summed E-state index contributed by atoms with van der Waals surface area (Å²) in [5, 5.41) is 6.15. The summed E-state index contributed by atoms with van der Waals surface area (Å²) in [5.41, 5.74) is 0. The van der Waals surface area contributed by atoms with Crippen LogP contribution in [0.5, 0.6) is 0 Å². The van der Waals surface area contributed by atoms with Crippen molar-refractivity contribution in [3.05, 3.63) is 0 Å². The monoisotopic (exact) mass is 267 g/mol. The largest absolute Gasteiger partial charge is 0.345 e. The first-order chi connectivity index (χ1) is 9.22. The van der Waals surface area contributed by atoms with E-state index in [1.807, 2.05) is 0 Å². The standard InChI is InChI=1S/C14H25N3O2/c1-2-11-5-3-4-6-12(11)16-13(18)14(19)17-9-7-15-8-10-17/h11-12,15H,2-10H2,1H3,(H,16,18). The SMILES string of the molecule is CCC1CCCCC1NC(=O)C(=O)N1CCNCC1. The Labute approximate surface area is 115 Å². The molecule has 0 aromatic carbocycles. The highest BCUT2D eigenvalue weighted by atomic mass is 16.2. The molecule has 2 fully saturated rings. The van der Waals surface area contributed by atoms with Crippen molar-refractivity contribution in [2.75, 3.05) is 26.2 Å². The molecule has 1 aliphatic carbocycles. The fraction of sp³-hybridized carbons (Fsp3) is 0.857. The molecule has 0 spiro atoms. The third-order valence-corrected chi connectivity index (χ3v) is 4.35. The highest BCUT2D eigenvalue weighted by Gasteiger charge is 2.29. The van der Waals surface area contributed by atoms with Gasteiger partial charge in [-0.15, -0.1) is 0 Å². The van der Waals surface area contributed by atoms with Gasteiger partial charge in [0.25, 0.3) is 0 Å². The first-order valence-corrected chi connectivity index (χ1v) is 7.53. The van der Waals surface area contributed by atoms with Crippen molar-refractivity contribution in [3.63, 3.8) is 0 Å². The topological polar surface area (TPSA) is 61.4 Å². The number of nitrogens with zero attached hydrogens (tertiary/aromatic N) is 1. The van der Waals surface area contributed by atoms with Gasteiger partial charge in [0.1, 0.15) is 0 Å². The van der Waals surface area contributed by atoms with Crippen molar-refractivity contribution in [3.8, 4) is 0 Å². The lowest BCUT2D eigenvalue weighted by molar-refractivity contribution is -0.146. The minimum absolute atomic E-state index is 0.193. The average molecular weight is 267 g/mol. The van der Waals surface area contributed by atoms with Gasteiger partial charge in [0, 0.05) is 32.2 Å². The van der Waals surface area contributed by atoms with E-state index in [2.05, 4.69) is 17.6 Å². The predicted octanol–water partition coefficient (Wildman–Crippen LogP) is 0.503. The molecule has 0 aromatic heterocycles. The van der Waals surface area contributed by atoms with Crippen molar-refractivity contribution in [2.24, 2.45) is 5.92 Å². The summed E-state index contributed by atoms with van der Waals surface area (Å²) in [5.74, 6) is -0.234. The molecule has 2 N–H and O–H groups in total. The third-order valence-electron chi connectivity index (χ3n) is 4.35. The maximum atomic E-state index is 12.1. The molecule has 2 rings (SSSR count). The van der Waals surface area contributed by atoms with Crippen LogP contribution in [0.3, 0.4) is 0 Å². The zero-order chi connectivity index (χ0) is 13.7. The second-order valence-electron chi connectivity index (χ2n) is 5.57. The second kappa shape index (κ2) is 6.89. The molecule has 2 unspecified atom stereocenters. The molecule has 1 saturated carbocycles. The van der Waals surface area contributed by atoms with E-state index in [1.54, 1.807) is 4.90 Å². The Hall–Kier alpha value is -1.10. The lowest BCUT2D eigenvalue weighted by Gasteiger charge is -2.32. The van der Waals surface area contributed by atoms with E-state index in [0.717, 1.165) is 32.4 Å². The molecule has 5 heteroatoms. The maximum absolute atomic E-state index is 12.1. The van der Waals surface area contributed by atoms with Gasteiger partial charge in [0.2, 0.25) is 0 Å². The molecule has 2 atom stereocenters. The van der Waals surface area contributed by atoms with Crippen LogP contribution >= 0.6 is 0 Å². The van der Waals surface area contributed by atoms with Gasteiger partial charge in [0.15, 0.2) is 0 Å². The summed E-state index contributed by atoms with van der Waals surface area (Å²) in [6, 6.07) is 0.193. The Morgan fingerprint density at radius 3 is 2.58 bits per heavy atom. The number of hydrogen-bond acceptors (Lipinski definition) is 3. The number of carbonyl (C=O) groups is 2.